The predicted molar refractivity (Wildman–Crippen MR) is 113 cm³/mol. The zero-order valence-corrected chi connectivity index (χ0v) is 17.8. The number of carboxylic acid groups (broad SMARTS) is 3. The topological polar surface area (TPSA) is 245 Å². The Morgan fingerprint density at radius 2 is 1.21 bits per heavy atom. The highest BCUT2D eigenvalue weighted by Crippen LogP contribution is 2.03. The number of aliphatic carboxylic acids is 3. The molecule has 0 aromatic heterocycles. The Kier molecular flexibility index (Phi) is 11.1. The van der Waals surface area contributed by atoms with Crippen molar-refractivity contribution in [1.29, 1.82) is 0 Å². The average Bonchev–Trinajstić information content (AvgIpc) is 2.76. The van der Waals surface area contributed by atoms with Gasteiger partial charge in [-0.3, -0.25) is 24.0 Å². The molecule has 186 valence electrons. The van der Waals surface area contributed by atoms with Gasteiger partial charge in [-0.1, -0.05) is 30.3 Å². The number of rotatable bonds is 14. The van der Waals surface area contributed by atoms with Crippen LogP contribution in [0.25, 0.3) is 0 Å². The van der Waals surface area contributed by atoms with Gasteiger partial charge >= 0.3 is 17.9 Å². The van der Waals surface area contributed by atoms with E-state index in [0.29, 0.717) is 0 Å². The lowest BCUT2D eigenvalue weighted by Gasteiger charge is -2.23. The monoisotopic (exact) mass is 482 g/mol. The Morgan fingerprint density at radius 3 is 1.71 bits per heavy atom. The van der Waals surface area contributed by atoms with Gasteiger partial charge in [0.25, 0.3) is 0 Å². The van der Waals surface area contributed by atoms with Crippen LogP contribution in [0.1, 0.15) is 18.4 Å². The molecule has 14 heteroatoms. The minimum Gasteiger partial charge on any atom is -0.481 e. The largest absolute Gasteiger partial charge is 0.481 e. The molecule has 0 radical (unpaired) electrons. The van der Waals surface area contributed by atoms with Crippen LogP contribution in [-0.4, -0.2) is 86.8 Å². The Bertz CT molecular complexity index is 908. The molecule has 4 atom stereocenters. The van der Waals surface area contributed by atoms with Crippen molar-refractivity contribution in [3.63, 3.8) is 0 Å². The van der Waals surface area contributed by atoms with E-state index in [0.717, 1.165) is 5.56 Å². The molecule has 0 saturated heterocycles. The Balaban J connectivity index is 2.86. The number of carboxylic acids is 3. The Morgan fingerprint density at radius 1 is 0.735 bits per heavy atom. The van der Waals surface area contributed by atoms with Gasteiger partial charge in [0, 0.05) is 0 Å². The molecule has 1 rings (SSSR count). The lowest BCUT2D eigenvalue weighted by Crippen LogP contribution is -2.58. The van der Waals surface area contributed by atoms with Crippen LogP contribution in [0.5, 0.6) is 0 Å². The molecule has 0 fully saturated rings. The molecule has 3 amide bonds. The summed E-state index contributed by atoms with van der Waals surface area (Å²) in [5.74, 6) is -7.89. The summed E-state index contributed by atoms with van der Waals surface area (Å²) in [6.07, 6.45) is -1.76. The average molecular weight is 482 g/mol. The molecule has 14 nitrogen and oxygen atoms in total. The van der Waals surface area contributed by atoms with Gasteiger partial charge in [-0.25, -0.2) is 4.79 Å². The van der Waals surface area contributed by atoms with Crippen LogP contribution in [0.4, 0.5) is 0 Å². The summed E-state index contributed by atoms with van der Waals surface area (Å²) in [7, 11) is 0. The fraction of sp³-hybridized carbons (Fsp3) is 0.400. The highest BCUT2D eigenvalue weighted by Gasteiger charge is 2.31. The van der Waals surface area contributed by atoms with E-state index < -0.39 is 79.2 Å². The third kappa shape index (κ3) is 9.62. The molecular formula is C20H26N4O10. The summed E-state index contributed by atoms with van der Waals surface area (Å²) in [6.45, 7) is -1.03. The number of nitrogens with two attached hydrogens (primary N) is 1. The second-order valence-electron chi connectivity index (χ2n) is 7.20. The van der Waals surface area contributed by atoms with Gasteiger partial charge < -0.3 is 42.1 Å². The number of carbonyl (C=O) groups excluding carboxylic acids is 3. The van der Waals surface area contributed by atoms with Crippen molar-refractivity contribution in [2.24, 2.45) is 5.73 Å². The lowest BCUT2D eigenvalue weighted by molar-refractivity contribution is -0.147. The molecule has 0 aliphatic carbocycles. The molecule has 1 aromatic carbocycles. The maximum absolute atomic E-state index is 12.5. The number of benzene rings is 1. The van der Waals surface area contributed by atoms with Gasteiger partial charge in [0.1, 0.15) is 18.1 Å². The van der Waals surface area contributed by atoms with Gasteiger partial charge in [0.15, 0.2) is 0 Å². The highest BCUT2D eigenvalue weighted by atomic mass is 16.4. The lowest BCUT2D eigenvalue weighted by atomic mass is 10.1. The summed E-state index contributed by atoms with van der Waals surface area (Å²) in [6, 6.07) is 2.24. The van der Waals surface area contributed by atoms with Crippen molar-refractivity contribution < 1.29 is 49.2 Å². The molecule has 4 unspecified atom stereocenters. The first kappa shape index (κ1) is 28.0. The van der Waals surface area contributed by atoms with Gasteiger partial charge in [0.05, 0.1) is 25.5 Å². The molecule has 0 aliphatic rings. The van der Waals surface area contributed by atoms with E-state index in [1.807, 2.05) is 10.6 Å². The quantitative estimate of drug-likeness (QED) is 0.133. The summed E-state index contributed by atoms with van der Waals surface area (Å²) in [5.41, 5.74) is 6.55. The van der Waals surface area contributed by atoms with Crippen molar-refractivity contribution >= 4 is 35.6 Å². The molecule has 0 aliphatic heterocycles. The number of hydrogen-bond acceptors (Lipinski definition) is 8. The van der Waals surface area contributed by atoms with E-state index in [9.17, 15) is 33.9 Å². The first-order valence-corrected chi connectivity index (χ1v) is 9.92. The Hall–Kier alpha value is -4.04. The van der Waals surface area contributed by atoms with E-state index in [-0.39, 0.29) is 6.42 Å². The first-order valence-electron chi connectivity index (χ1n) is 9.92. The predicted octanol–water partition coefficient (Wildman–Crippen LogP) is -2.96. The summed E-state index contributed by atoms with van der Waals surface area (Å²) < 4.78 is 0. The van der Waals surface area contributed by atoms with E-state index in [1.165, 1.54) is 0 Å². The van der Waals surface area contributed by atoms with E-state index in [2.05, 4.69) is 5.32 Å². The van der Waals surface area contributed by atoms with Crippen molar-refractivity contribution in [1.82, 2.24) is 16.0 Å². The second-order valence-corrected chi connectivity index (χ2v) is 7.20. The number of carbonyl (C=O) groups is 6. The van der Waals surface area contributed by atoms with Crippen LogP contribution >= 0.6 is 0 Å². The van der Waals surface area contributed by atoms with Crippen LogP contribution in [0.3, 0.4) is 0 Å². The van der Waals surface area contributed by atoms with E-state index >= 15 is 0 Å². The smallest absolute Gasteiger partial charge is 0.326 e. The van der Waals surface area contributed by atoms with Crippen LogP contribution in [0.15, 0.2) is 30.3 Å². The van der Waals surface area contributed by atoms with Crippen LogP contribution in [-0.2, 0) is 35.2 Å². The van der Waals surface area contributed by atoms with Crippen molar-refractivity contribution in [3.05, 3.63) is 35.9 Å². The molecular weight excluding hydrogens is 456 g/mol. The molecule has 0 bridgehead atoms. The second kappa shape index (κ2) is 13.5. The van der Waals surface area contributed by atoms with E-state index in [4.69, 9.17) is 21.1 Å². The van der Waals surface area contributed by atoms with Gasteiger partial charge in [0.2, 0.25) is 17.7 Å². The maximum atomic E-state index is 12.5. The molecule has 0 saturated carbocycles. The van der Waals surface area contributed by atoms with Gasteiger partial charge in [-0.15, -0.1) is 0 Å². The van der Waals surface area contributed by atoms with Gasteiger partial charge in [-0.05, 0) is 12.0 Å². The zero-order valence-electron chi connectivity index (χ0n) is 17.8. The highest BCUT2D eigenvalue weighted by molar-refractivity contribution is 5.96. The van der Waals surface area contributed by atoms with Crippen LogP contribution in [0, 0.1) is 0 Å². The number of aliphatic hydroxyl groups is 1. The molecule has 0 heterocycles. The third-order valence-corrected chi connectivity index (χ3v) is 4.46. The number of hydrogen-bond donors (Lipinski definition) is 8. The summed E-state index contributed by atoms with van der Waals surface area (Å²) in [5, 5.41) is 42.2. The van der Waals surface area contributed by atoms with Crippen LogP contribution < -0.4 is 21.7 Å². The Labute approximate surface area is 193 Å². The fourth-order valence-electron chi connectivity index (χ4n) is 2.74. The number of aliphatic hydroxyl groups excluding tert-OH is 1. The minimum absolute atomic E-state index is 0.0932. The standard InChI is InChI=1S/C20H26N4O10/c21-11(6-10-4-2-1-3-5-10)17(30)22-12(7-15(26)27)18(31)24-14(9-25)19(32)23-13(20(33)34)8-16(28)29/h1-5,11-14,25H,6-9,21H2,(H,22,30)(H,23,32)(H,24,31)(H,26,27)(H,28,29)(H,33,34). The molecule has 0 spiro atoms. The van der Waals surface area contributed by atoms with Gasteiger partial charge in [-0.2, -0.15) is 0 Å². The number of amides is 3. The molecule has 34 heavy (non-hydrogen) atoms. The summed E-state index contributed by atoms with van der Waals surface area (Å²) >= 11 is 0. The third-order valence-electron chi connectivity index (χ3n) is 4.46. The van der Waals surface area contributed by atoms with Crippen molar-refractivity contribution in [2.45, 2.75) is 43.4 Å². The van der Waals surface area contributed by atoms with E-state index in [1.54, 1.807) is 30.3 Å². The number of nitrogens with one attached hydrogen (secondary N) is 3. The van der Waals surface area contributed by atoms with Crippen molar-refractivity contribution in [3.8, 4) is 0 Å². The zero-order chi connectivity index (χ0) is 25.8. The maximum Gasteiger partial charge on any atom is 0.326 e. The molecule has 9 N–H and O–H groups in total. The first-order chi connectivity index (χ1) is 15.9. The molecule has 1 aromatic rings. The fourth-order valence-corrected chi connectivity index (χ4v) is 2.74. The van der Waals surface area contributed by atoms with Crippen LogP contribution in [0.2, 0.25) is 0 Å². The normalized spacial score (nSPS) is 14.1. The SMILES string of the molecule is NC(Cc1ccccc1)C(=O)NC(CC(=O)O)C(=O)NC(CO)C(=O)NC(CC(=O)O)C(=O)O. The van der Waals surface area contributed by atoms with Crippen molar-refractivity contribution in [2.75, 3.05) is 6.61 Å². The minimum atomic E-state index is -1.85. The summed E-state index contributed by atoms with van der Waals surface area (Å²) in [4.78, 5) is 70.1.